The Morgan fingerprint density at radius 2 is 1.39 bits per heavy atom. The summed E-state index contributed by atoms with van der Waals surface area (Å²) in [6.45, 7) is 8.34. The van der Waals surface area contributed by atoms with Gasteiger partial charge in [-0.25, -0.2) is 0 Å². The molecule has 0 bridgehead atoms. The van der Waals surface area contributed by atoms with Gasteiger partial charge in [-0.15, -0.1) is 0 Å². The highest BCUT2D eigenvalue weighted by Gasteiger charge is 2.56. The van der Waals surface area contributed by atoms with Gasteiger partial charge in [-0.2, -0.15) is 8.78 Å². The lowest BCUT2D eigenvalue weighted by Crippen LogP contribution is -2.61. The first-order valence-electron chi connectivity index (χ1n) is 19.8. The number of likely N-dealkylation sites (N-methyl/N-ethyl adjacent to an activating group) is 1. The highest BCUT2D eigenvalue weighted by molar-refractivity contribution is 7.54. The van der Waals surface area contributed by atoms with E-state index in [1.165, 1.54) is 82.5 Å². The van der Waals surface area contributed by atoms with Crippen LogP contribution in [0.25, 0.3) is 10.8 Å². The second-order valence-corrected chi connectivity index (χ2v) is 19.3. The number of anilines is 1. The smallest absolute Gasteiger partial charge is 0.410 e. The number of fused-ring (bicyclic) bond motifs is 2. The maximum atomic E-state index is 16.3. The molecule has 1 N–H and O–H groups in total. The molecule has 4 amide bonds. The minimum Gasteiger partial charge on any atom is -0.438 e. The fraction of sp³-hybridized carbons (Fsp3) is 0.488. The average molecular weight is 871 g/mol. The van der Waals surface area contributed by atoms with Crippen LogP contribution in [0.1, 0.15) is 83.7 Å². The molecule has 0 aliphatic carbocycles. The minimum absolute atomic E-state index is 0.0596. The topological polar surface area (TPSA) is 178 Å². The Bertz CT molecular complexity index is 2170. The molecule has 2 saturated heterocycles. The number of amides is 4. The van der Waals surface area contributed by atoms with Gasteiger partial charge in [-0.1, -0.05) is 36.4 Å². The van der Waals surface area contributed by atoms with Crippen molar-refractivity contribution in [2.75, 3.05) is 38.6 Å². The zero-order valence-electron chi connectivity index (χ0n) is 35.6. The highest BCUT2D eigenvalue weighted by atomic mass is 31.2. The molecule has 330 valence electrons. The van der Waals surface area contributed by atoms with Crippen LogP contribution >= 0.6 is 7.60 Å². The van der Waals surface area contributed by atoms with Crippen LogP contribution in [-0.4, -0.2) is 97.2 Å². The number of esters is 2. The van der Waals surface area contributed by atoms with Crippen molar-refractivity contribution in [1.82, 2.24) is 15.1 Å². The second kappa shape index (κ2) is 18.4. The molecule has 61 heavy (non-hydrogen) atoms. The Morgan fingerprint density at radius 3 is 1.97 bits per heavy atom. The first kappa shape index (κ1) is 46.8. The molecule has 18 heteroatoms. The van der Waals surface area contributed by atoms with Gasteiger partial charge < -0.3 is 29.5 Å². The summed E-state index contributed by atoms with van der Waals surface area (Å²) in [4.78, 5) is 83.7. The molecular weight excluding hydrogens is 817 g/mol. The quantitative estimate of drug-likeness (QED) is 0.118. The number of hydrogen-bond acceptors (Lipinski definition) is 11. The van der Waals surface area contributed by atoms with Crippen molar-refractivity contribution in [1.29, 1.82) is 0 Å². The number of nitrogens with zero attached hydrogens (tertiary/aromatic N) is 3. The van der Waals surface area contributed by atoms with E-state index in [1.54, 1.807) is 36.2 Å². The number of halogens is 2. The predicted octanol–water partition coefficient (Wildman–Crippen LogP) is 6.58. The Balaban J connectivity index is 1.38. The summed E-state index contributed by atoms with van der Waals surface area (Å²) < 4.78 is 66.1. The number of carbonyl (C=O) groups excluding carboxylic acids is 6. The normalized spacial score (nSPS) is 18.8. The molecule has 15 nitrogen and oxygen atoms in total. The van der Waals surface area contributed by atoms with Crippen LogP contribution in [0.3, 0.4) is 0 Å². The van der Waals surface area contributed by atoms with Crippen molar-refractivity contribution in [3.63, 3.8) is 0 Å². The van der Waals surface area contributed by atoms with E-state index < -0.39 is 79.1 Å². The Kier molecular flexibility index (Phi) is 14.1. The second-order valence-electron chi connectivity index (χ2n) is 17.2. The molecule has 2 heterocycles. The number of carbonyl (C=O) groups is 6. The third-order valence-electron chi connectivity index (χ3n) is 10.5. The molecule has 3 atom stereocenters. The van der Waals surface area contributed by atoms with Gasteiger partial charge in [0.1, 0.15) is 12.1 Å². The van der Waals surface area contributed by atoms with E-state index >= 15 is 8.78 Å². The maximum Gasteiger partial charge on any atom is 0.410 e. The van der Waals surface area contributed by atoms with Crippen molar-refractivity contribution in [2.45, 2.75) is 91.5 Å². The molecule has 2 fully saturated rings. The fourth-order valence-electron chi connectivity index (χ4n) is 6.92. The van der Waals surface area contributed by atoms with Crippen LogP contribution in [0.15, 0.2) is 66.7 Å². The van der Waals surface area contributed by atoms with Crippen LogP contribution in [0.4, 0.5) is 14.5 Å². The van der Waals surface area contributed by atoms with Crippen LogP contribution in [0.5, 0.6) is 0 Å². The van der Waals surface area contributed by atoms with Gasteiger partial charge in [-0.3, -0.25) is 42.4 Å². The fourth-order valence-corrected chi connectivity index (χ4v) is 8.15. The Hall–Kier alpha value is -5.25. The number of rotatable bonds is 12. The van der Waals surface area contributed by atoms with E-state index in [2.05, 4.69) is 5.32 Å². The number of ether oxygens (including phenoxy) is 2. The van der Waals surface area contributed by atoms with Gasteiger partial charge in [-0.05, 0) is 102 Å². The molecule has 2 aliphatic rings. The number of benzene rings is 3. The maximum absolute atomic E-state index is 16.3. The lowest BCUT2D eigenvalue weighted by molar-refractivity contribution is -0.163. The van der Waals surface area contributed by atoms with Gasteiger partial charge in [0.15, 0.2) is 0 Å². The molecule has 0 aromatic heterocycles. The Morgan fingerprint density at radius 1 is 0.820 bits per heavy atom. The van der Waals surface area contributed by atoms with Crippen molar-refractivity contribution >= 4 is 59.6 Å². The average Bonchev–Trinajstić information content (AvgIpc) is 3.62. The molecule has 5 rings (SSSR count). The summed E-state index contributed by atoms with van der Waals surface area (Å²) in [5.74, 6) is -3.42. The van der Waals surface area contributed by atoms with Crippen molar-refractivity contribution in [3.05, 3.63) is 77.9 Å². The van der Waals surface area contributed by atoms with E-state index in [0.29, 0.717) is 36.9 Å². The summed E-state index contributed by atoms with van der Waals surface area (Å²) in [6, 6.07) is 14.0. The molecular formula is C43H53F2N4O11P. The summed E-state index contributed by atoms with van der Waals surface area (Å²) in [5.41, 5.74) is -6.55. The van der Waals surface area contributed by atoms with Crippen molar-refractivity contribution in [2.24, 2.45) is 10.8 Å². The van der Waals surface area contributed by atoms with Crippen molar-refractivity contribution in [3.8, 4) is 0 Å². The van der Waals surface area contributed by atoms with E-state index in [9.17, 15) is 33.3 Å². The van der Waals surface area contributed by atoms with E-state index in [-0.39, 0.29) is 35.4 Å². The highest BCUT2D eigenvalue weighted by Crippen LogP contribution is 2.67. The zero-order chi connectivity index (χ0) is 45.1. The van der Waals surface area contributed by atoms with E-state index in [1.807, 2.05) is 6.07 Å². The standard InChI is InChI=1S/C43H53F2N4O11P/c1-27(50)48-21-20-33-18-19-35(38(53)47(8)32-12-10-9-11-13-32)49(33)37(52)34(24-48)46-36(51)30-15-14-29-23-31(17-16-28(29)22-30)43(44,45)61(56,59-25-57-39(54)41(2,3)4)60-26-58-40(55)42(5,6)7/h9-17,22-23,33-35H,18-21,24-26H2,1-8H3,(H,46,51)/t33-,34+,35+/m1/s1. The van der Waals surface area contributed by atoms with Gasteiger partial charge in [0.2, 0.25) is 31.3 Å². The molecule has 3 aromatic rings. The molecule has 0 saturated carbocycles. The van der Waals surface area contributed by atoms with Gasteiger partial charge in [0, 0.05) is 49.9 Å². The number of para-hydroxylation sites is 1. The summed E-state index contributed by atoms with van der Waals surface area (Å²) in [7, 11) is -3.95. The van der Waals surface area contributed by atoms with E-state index in [0.717, 1.165) is 12.1 Å². The largest absolute Gasteiger partial charge is 0.438 e. The molecule has 0 spiro atoms. The number of hydrogen-bond donors (Lipinski definition) is 1. The molecule has 2 aliphatic heterocycles. The predicted molar refractivity (Wildman–Crippen MR) is 220 cm³/mol. The first-order chi connectivity index (χ1) is 28.4. The summed E-state index contributed by atoms with van der Waals surface area (Å²) in [5, 5.41) is 3.25. The lowest BCUT2D eigenvalue weighted by atomic mass is 9.98. The molecule has 3 aromatic carbocycles. The Labute approximate surface area is 353 Å². The third-order valence-corrected chi connectivity index (χ3v) is 12.4. The third kappa shape index (κ3) is 10.6. The summed E-state index contributed by atoms with van der Waals surface area (Å²) >= 11 is 0. The van der Waals surface area contributed by atoms with Crippen molar-refractivity contribution < 1.29 is 60.6 Å². The number of nitrogens with one attached hydrogen (secondary N) is 1. The van der Waals surface area contributed by atoms with Gasteiger partial charge in [0.05, 0.1) is 10.8 Å². The lowest BCUT2D eigenvalue weighted by Gasteiger charge is -2.39. The minimum atomic E-state index is -5.59. The monoisotopic (exact) mass is 870 g/mol. The van der Waals surface area contributed by atoms with Crippen LogP contribution < -0.4 is 10.2 Å². The van der Waals surface area contributed by atoms with Crippen LogP contribution in [0, 0.1) is 10.8 Å². The SMILES string of the molecule is CC(=O)N1CC[C@H]2CC[C@@H](C(=O)N(C)c3ccccc3)N2C(=O)[C@@H](NC(=O)c2ccc3cc(C(F)(F)P(=O)(OCOC(=O)C(C)(C)C)OCOC(=O)C(C)(C)C)ccc3c2)C1. The van der Waals surface area contributed by atoms with Gasteiger partial charge in [0.25, 0.3) is 5.91 Å². The van der Waals surface area contributed by atoms with Crippen LogP contribution in [0.2, 0.25) is 0 Å². The van der Waals surface area contributed by atoms with E-state index in [4.69, 9.17) is 18.5 Å². The molecule has 0 radical (unpaired) electrons. The van der Waals surface area contributed by atoms with Gasteiger partial charge >= 0.3 is 25.2 Å². The molecule has 0 unspecified atom stereocenters. The summed E-state index contributed by atoms with van der Waals surface area (Å²) in [6.07, 6.45) is 1.40. The number of alkyl halides is 2. The first-order valence-corrected chi connectivity index (χ1v) is 21.4. The zero-order valence-corrected chi connectivity index (χ0v) is 36.5. The van der Waals surface area contributed by atoms with Crippen LogP contribution in [-0.2, 0) is 52.7 Å².